The van der Waals surface area contributed by atoms with E-state index in [4.69, 9.17) is 18.9 Å². The van der Waals surface area contributed by atoms with Gasteiger partial charge in [0.25, 0.3) is 0 Å². The molecule has 0 N–H and O–H groups in total. The monoisotopic (exact) mass is 588 g/mol. The first-order chi connectivity index (χ1) is 13.9. The molecule has 8 heteroatoms. The van der Waals surface area contributed by atoms with Gasteiger partial charge in [-0.15, -0.1) is 0 Å². The van der Waals surface area contributed by atoms with Gasteiger partial charge in [0.05, 0.1) is 13.4 Å². The van der Waals surface area contributed by atoms with Crippen molar-refractivity contribution < 1.29 is 23.7 Å². The molecule has 0 spiro atoms. The van der Waals surface area contributed by atoms with Crippen LogP contribution in [0.1, 0.15) is 11.1 Å². The second kappa shape index (κ2) is 12.3. The van der Waals surface area contributed by atoms with E-state index in [9.17, 15) is 4.79 Å². The van der Waals surface area contributed by atoms with Gasteiger partial charge in [0.15, 0.2) is 25.1 Å². The van der Waals surface area contributed by atoms with Crippen molar-refractivity contribution in [2.75, 3.05) is 27.8 Å². The number of hydrogen-bond donors (Lipinski definition) is 0. The second-order valence-electron chi connectivity index (χ2n) is 5.67. The number of ether oxygens (including phenoxy) is 4. The van der Waals surface area contributed by atoms with E-state index in [2.05, 4.69) is 47.8 Å². The van der Waals surface area contributed by atoms with E-state index < -0.39 is 0 Å². The summed E-state index contributed by atoms with van der Waals surface area (Å²) in [6, 6.07) is 9.26. The van der Waals surface area contributed by atoms with Gasteiger partial charge in [-0.3, -0.25) is 4.79 Å². The quantitative estimate of drug-likeness (QED) is 0.242. The molecule has 0 aliphatic heterocycles. The molecule has 29 heavy (non-hydrogen) atoms. The van der Waals surface area contributed by atoms with Gasteiger partial charge in [-0.25, -0.2) is 0 Å². The summed E-state index contributed by atoms with van der Waals surface area (Å²) in [5.41, 5.74) is 1.71. The largest absolute Gasteiger partial charge is 0.466 e. The first-order valence-electron chi connectivity index (χ1n) is 8.36. The van der Waals surface area contributed by atoms with E-state index in [0.29, 0.717) is 11.5 Å². The topological polar surface area (TPSA) is 54.0 Å². The van der Waals surface area contributed by atoms with Crippen molar-refractivity contribution in [2.45, 2.75) is 0 Å². The lowest BCUT2D eigenvalue weighted by Gasteiger charge is -2.10. The van der Waals surface area contributed by atoms with E-state index in [1.54, 1.807) is 26.4 Å². The van der Waals surface area contributed by atoms with Crippen molar-refractivity contribution in [2.24, 2.45) is 0 Å². The Bertz CT molecular complexity index is 886. The second-order valence-corrected chi connectivity index (χ2v) is 8.24. The van der Waals surface area contributed by atoms with Crippen molar-refractivity contribution in [3.8, 4) is 11.5 Å². The molecule has 0 aliphatic carbocycles. The lowest BCUT2D eigenvalue weighted by molar-refractivity contribution is -0.110. The molecule has 0 aromatic heterocycles. The summed E-state index contributed by atoms with van der Waals surface area (Å²) in [5.74, 6) is 1.18. The highest BCUT2D eigenvalue weighted by Gasteiger charge is 2.08. The smallest absolute Gasteiger partial charge is 0.188 e. The minimum atomic E-state index is -0.132. The molecule has 2 aromatic rings. The van der Waals surface area contributed by atoms with E-state index in [1.165, 1.54) is 12.2 Å². The number of benzene rings is 2. The maximum absolute atomic E-state index is 12.2. The molecular weight excluding hydrogens is 572 g/mol. The van der Waals surface area contributed by atoms with Crippen molar-refractivity contribution in [1.82, 2.24) is 0 Å². The summed E-state index contributed by atoms with van der Waals surface area (Å²) < 4.78 is 23.0. The van der Waals surface area contributed by atoms with Crippen LogP contribution < -0.4 is 9.47 Å². The number of carbonyl (C=O) groups is 1. The minimum Gasteiger partial charge on any atom is -0.466 e. The summed E-state index contributed by atoms with van der Waals surface area (Å²) in [5, 5.41) is 0. The third kappa shape index (κ3) is 7.71. The van der Waals surface area contributed by atoms with Crippen LogP contribution in [0.3, 0.4) is 0 Å². The van der Waals surface area contributed by atoms with Crippen LogP contribution in [0.5, 0.6) is 11.5 Å². The molecule has 154 valence electrons. The normalized spacial score (nSPS) is 11.3. The average Bonchev–Trinajstić information content (AvgIpc) is 2.69. The van der Waals surface area contributed by atoms with E-state index in [-0.39, 0.29) is 19.4 Å². The molecule has 0 bridgehead atoms. The Balaban J connectivity index is 2.03. The fourth-order valence-corrected chi connectivity index (χ4v) is 4.17. The van der Waals surface area contributed by atoms with Crippen LogP contribution in [0.15, 0.2) is 55.9 Å². The number of methoxy groups -OCH3 is 2. The number of carbonyl (C=O) groups excluding carboxylic acids is 1. The summed E-state index contributed by atoms with van der Waals surface area (Å²) in [4.78, 5) is 12.2. The maximum Gasteiger partial charge on any atom is 0.188 e. The Morgan fingerprint density at radius 3 is 1.97 bits per heavy atom. The molecule has 0 saturated carbocycles. The molecule has 0 radical (unpaired) electrons. The fraction of sp³-hybridized carbons (Fsp3) is 0.190. The molecule has 2 rings (SSSR count). The SMILES string of the molecule is COCOc1ccc(/C=C/C(=O)/C=C/c2cc(Br)c(OCOC)c(Br)c2)cc1Br. The highest BCUT2D eigenvalue weighted by atomic mass is 79.9. The average molecular weight is 591 g/mol. The summed E-state index contributed by atoms with van der Waals surface area (Å²) in [6.07, 6.45) is 6.49. The molecule has 0 amide bonds. The molecule has 0 heterocycles. The Kier molecular flexibility index (Phi) is 10.1. The highest BCUT2D eigenvalue weighted by Crippen LogP contribution is 2.35. The van der Waals surface area contributed by atoms with Gasteiger partial charge in [0.1, 0.15) is 5.75 Å². The van der Waals surface area contributed by atoms with Crippen LogP contribution in [0.25, 0.3) is 12.2 Å². The Labute approximate surface area is 195 Å². The van der Waals surface area contributed by atoms with Gasteiger partial charge >= 0.3 is 0 Å². The molecule has 5 nitrogen and oxygen atoms in total. The van der Waals surface area contributed by atoms with Crippen LogP contribution in [0.2, 0.25) is 0 Å². The van der Waals surface area contributed by atoms with Crippen molar-refractivity contribution in [1.29, 1.82) is 0 Å². The third-order valence-electron chi connectivity index (χ3n) is 3.51. The number of ketones is 1. The molecule has 0 saturated heterocycles. The van der Waals surface area contributed by atoms with Crippen LogP contribution in [-0.4, -0.2) is 33.6 Å². The van der Waals surface area contributed by atoms with Gasteiger partial charge in [-0.2, -0.15) is 0 Å². The minimum absolute atomic E-state index is 0.132. The maximum atomic E-state index is 12.2. The number of halogens is 3. The van der Waals surface area contributed by atoms with Crippen LogP contribution in [-0.2, 0) is 14.3 Å². The predicted molar refractivity (Wildman–Crippen MR) is 124 cm³/mol. The zero-order chi connectivity index (χ0) is 21.2. The van der Waals surface area contributed by atoms with Gasteiger partial charge in [-0.05, 0) is 95.3 Å². The van der Waals surface area contributed by atoms with Crippen LogP contribution in [0.4, 0.5) is 0 Å². The Morgan fingerprint density at radius 2 is 1.38 bits per heavy atom. The number of rotatable bonds is 10. The van der Waals surface area contributed by atoms with Gasteiger partial charge < -0.3 is 18.9 Å². The number of hydrogen-bond acceptors (Lipinski definition) is 5. The molecule has 0 fully saturated rings. The zero-order valence-corrected chi connectivity index (χ0v) is 20.5. The van der Waals surface area contributed by atoms with Gasteiger partial charge in [-0.1, -0.05) is 18.2 Å². The Hall–Kier alpha value is -1.45. The van der Waals surface area contributed by atoms with E-state index >= 15 is 0 Å². The van der Waals surface area contributed by atoms with Crippen molar-refractivity contribution in [3.05, 3.63) is 67.0 Å². The third-order valence-corrected chi connectivity index (χ3v) is 5.31. The number of allylic oxidation sites excluding steroid dienone is 2. The molecular formula is C21H19Br3O5. The molecule has 0 aliphatic rings. The van der Waals surface area contributed by atoms with Crippen molar-refractivity contribution >= 4 is 65.7 Å². The Morgan fingerprint density at radius 1 is 0.828 bits per heavy atom. The summed E-state index contributed by atoms with van der Waals surface area (Å²) >= 11 is 10.4. The van der Waals surface area contributed by atoms with Gasteiger partial charge in [0.2, 0.25) is 0 Å². The predicted octanol–water partition coefficient (Wildman–Crippen LogP) is 6.24. The van der Waals surface area contributed by atoms with Gasteiger partial charge in [0, 0.05) is 14.2 Å². The standard InChI is InChI=1S/C21H19Br3O5/c1-26-12-28-20-8-5-14(9-17(20)22)3-6-16(25)7-4-15-10-18(23)21(19(24)11-15)29-13-27-2/h3-11H,12-13H2,1-2H3/b6-3+,7-4+. The first-order valence-corrected chi connectivity index (χ1v) is 10.7. The summed E-state index contributed by atoms with van der Waals surface area (Å²) in [7, 11) is 3.12. The fourth-order valence-electron chi connectivity index (χ4n) is 2.20. The lowest BCUT2D eigenvalue weighted by Crippen LogP contribution is -2.00. The van der Waals surface area contributed by atoms with E-state index in [0.717, 1.165) is 24.5 Å². The highest BCUT2D eigenvalue weighted by molar-refractivity contribution is 9.11. The van der Waals surface area contributed by atoms with Crippen LogP contribution in [0, 0.1) is 0 Å². The molecule has 2 aromatic carbocycles. The first kappa shape index (κ1) is 23.8. The van der Waals surface area contributed by atoms with E-state index in [1.807, 2.05) is 30.3 Å². The van der Waals surface area contributed by atoms with Crippen LogP contribution >= 0.6 is 47.8 Å². The summed E-state index contributed by atoms with van der Waals surface area (Å²) in [6.45, 7) is 0.314. The zero-order valence-electron chi connectivity index (χ0n) is 15.8. The molecule has 0 unspecified atom stereocenters. The molecule has 0 atom stereocenters. The lowest BCUT2D eigenvalue weighted by atomic mass is 10.1. The van der Waals surface area contributed by atoms with Crippen molar-refractivity contribution in [3.63, 3.8) is 0 Å².